The van der Waals surface area contributed by atoms with E-state index in [1.165, 1.54) is 21.1 Å². The summed E-state index contributed by atoms with van der Waals surface area (Å²) < 4.78 is 10.5. The molecule has 0 N–H and O–H groups in total. The first-order valence-corrected chi connectivity index (χ1v) is 7.40. The van der Waals surface area contributed by atoms with Gasteiger partial charge in [0.05, 0.1) is 19.2 Å². The average molecular weight is 333 g/mol. The average Bonchev–Trinajstić information content (AvgIpc) is 2.56. The first-order valence-electron chi connectivity index (χ1n) is 7.02. The van der Waals surface area contributed by atoms with E-state index in [4.69, 9.17) is 21.1 Å². The minimum atomic E-state index is -0.218. The topological polar surface area (TPSA) is 52.6 Å². The first kappa shape index (κ1) is 17.0. The van der Waals surface area contributed by atoms with Gasteiger partial charge >= 0.3 is 0 Å². The van der Waals surface area contributed by atoms with Crippen LogP contribution in [-0.2, 0) is 11.2 Å². The molecule has 2 aromatic carbocycles. The van der Waals surface area contributed by atoms with Crippen LogP contribution in [0.3, 0.4) is 0 Å². The molecule has 0 bridgehead atoms. The van der Waals surface area contributed by atoms with Gasteiger partial charge in [0.15, 0.2) is 17.3 Å². The van der Waals surface area contributed by atoms with Gasteiger partial charge in [-0.2, -0.15) is 0 Å². The van der Waals surface area contributed by atoms with Crippen LogP contribution in [0.15, 0.2) is 36.4 Å². The maximum Gasteiger partial charge on any atom is 0.193 e. The molecule has 2 rings (SSSR count). The second kappa shape index (κ2) is 7.29. The second-order valence-electron chi connectivity index (χ2n) is 5.03. The number of hydrogen-bond acceptors (Lipinski definition) is 4. The molecule has 0 fully saturated rings. The van der Waals surface area contributed by atoms with Crippen molar-refractivity contribution in [1.29, 1.82) is 0 Å². The summed E-state index contributed by atoms with van der Waals surface area (Å²) in [5.74, 6) is 0.352. The number of carbonyl (C=O) groups excluding carboxylic acids is 2. The molecule has 0 aliphatic heterocycles. The summed E-state index contributed by atoms with van der Waals surface area (Å²) in [6.07, 6.45) is 0.0487. The molecule has 2 aromatic rings. The lowest BCUT2D eigenvalue weighted by atomic mass is 9.94. The van der Waals surface area contributed by atoms with Crippen molar-refractivity contribution in [3.63, 3.8) is 0 Å². The minimum absolute atomic E-state index is 0.0487. The van der Waals surface area contributed by atoms with Gasteiger partial charge in [-0.15, -0.1) is 0 Å². The zero-order valence-corrected chi connectivity index (χ0v) is 13.9. The van der Waals surface area contributed by atoms with Crippen molar-refractivity contribution in [1.82, 2.24) is 0 Å². The molecule has 0 heterocycles. The number of Topliss-reactive ketones (excluding diaryl/α,β-unsaturated/α-hetero) is 1. The van der Waals surface area contributed by atoms with E-state index in [2.05, 4.69) is 0 Å². The Labute approximate surface area is 140 Å². The summed E-state index contributed by atoms with van der Waals surface area (Å²) in [6, 6.07) is 10.4. The van der Waals surface area contributed by atoms with Gasteiger partial charge < -0.3 is 9.47 Å². The Bertz CT molecular complexity index is 738. The number of carbonyl (C=O) groups is 2. The zero-order chi connectivity index (χ0) is 17.0. The van der Waals surface area contributed by atoms with Gasteiger partial charge in [-0.1, -0.05) is 41.9 Å². The third-order valence-corrected chi connectivity index (χ3v) is 3.82. The maximum absolute atomic E-state index is 12.8. The Hall–Kier alpha value is -2.33. The number of benzene rings is 2. The molecule has 5 heteroatoms. The lowest BCUT2D eigenvalue weighted by Crippen LogP contribution is -2.10. The van der Waals surface area contributed by atoms with Crippen LogP contribution in [0.4, 0.5) is 0 Å². The third-order valence-electron chi connectivity index (χ3n) is 3.42. The van der Waals surface area contributed by atoms with Crippen LogP contribution in [0.25, 0.3) is 0 Å². The number of ketones is 2. The first-order chi connectivity index (χ1) is 11.0. The second-order valence-corrected chi connectivity index (χ2v) is 5.40. The fraction of sp³-hybridized carbons (Fsp3) is 0.222. The lowest BCUT2D eigenvalue weighted by Gasteiger charge is -2.16. The van der Waals surface area contributed by atoms with Gasteiger partial charge in [0.25, 0.3) is 0 Å². The van der Waals surface area contributed by atoms with E-state index >= 15 is 0 Å². The Morgan fingerprint density at radius 3 is 2.26 bits per heavy atom. The van der Waals surface area contributed by atoms with Gasteiger partial charge in [0.2, 0.25) is 0 Å². The van der Waals surface area contributed by atoms with E-state index in [9.17, 15) is 9.59 Å². The molecule has 0 aliphatic rings. The van der Waals surface area contributed by atoms with Gasteiger partial charge in [-0.3, -0.25) is 9.59 Å². The van der Waals surface area contributed by atoms with Crippen LogP contribution < -0.4 is 9.47 Å². The summed E-state index contributed by atoms with van der Waals surface area (Å²) >= 11 is 6.36. The summed E-state index contributed by atoms with van der Waals surface area (Å²) in [7, 11) is 2.93. The summed E-state index contributed by atoms with van der Waals surface area (Å²) in [4.78, 5) is 24.4. The normalized spacial score (nSPS) is 10.3. The molecular weight excluding hydrogens is 316 g/mol. The smallest absolute Gasteiger partial charge is 0.193 e. The largest absolute Gasteiger partial charge is 0.493 e. The highest BCUT2D eigenvalue weighted by atomic mass is 35.5. The molecule has 4 nitrogen and oxygen atoms in total. The maximum atomic E-state index is 12.8. The van der Waals surface area contributed by atoms with Crippen molar-refractivity contribution in [2.24, 2.45) is 0 Å². The van der Waals surface area contributed by atoms with Crippen molar-refractivity contribution in [2.75, 3.05) is 14.2 Å². The summed E-state index contributed by atoms with van der Waals surface area (Å²) in [5.41, 5.74) is 1.31. The lowest BCUT2D eigenvalue weighted by molar-refractivity contribution is -0.116. The number of halogens is 1. The van der Waals surface area contributed by atoms with E-state index in [1.54, 1.807) is 30.3 Å². The Morgan fingerprint density at radius 2 is 1.74 bits per heavy atom. The van der Waals surface area contributed by atoms with Gasteiger partial charge in [-0.25, -0.2) is 0 Å². The highest BCUT2D eigenvalue weighted by Gasteiger charge is 2.23. The van der Waals surface area contributed by atoms with E-state index in [1.807, 2.05) is 6.07 Å². The predicted molar refractivity (Wildman–Crippen MR) is 88.8 cm³/mol. The minimum Gasteiger partial charge on any atom is -0.493 e. The van der Waals surface area contributed by atoms with Gasteiger partial charge in [-0.05, 0) is 18.6 Å². The fourth-order valence-corrected chi connectivity index (χ4v) is 2.70. The molecule has 0 atom stereocenters. The Balaban J connectivity index is 2.67. The predicted octanol–water partition coefficient (Wildman–Crippen LogP) is 3.72. The number of ether oxygens (including phenoxy) is 2. The van der Waals surface area contributed by atoms with E-state index in [-0.39, 0.29) is 23.0 Å². The molecular formula is C18H17ClO4. The van der Waals surface area contributed by atoms with Crippen LogP contribution in [-0.4, -0.2) is 25.8 Å². The quantitative estimate of drug-likeness (QED) is 0.756. The van der Waals surface area contributed by atoms with Crippen LogP contribution in [0.1, 0.15) is 28.4 Å². The molecule has 0 unspecified atom stereocenters. The highest BCUT2D eigenvalue weighted by molar-refractivity contribution is 6.34. The van der Waals surface area contributed by atoms with E-state index in [0.717, 1.165) is 0 Å². The molecule has 0 aliphatic carbocycles. The Morgan fingerprint density at radius 1 is 1.09 bits per heavy atom. The molecule has 0 saturated carbocycles. The molecule has 23 heavy (non-hydrogen) atoms. The molecule has 0 amide bonds. The summed E-state index contributed by atoms with van der Waals surface area (Å²) in [5, 5.41) is 0.223. The van der Waals surface area contributed by atoms with E-state index < -0.39 is 0 Å². The van der Waals surface area contributed by atoms with Gasteiger partial charge in [0.1, 0.15) is 5.78 Å². The number of methoxy groups -OCH3 is 2. The molecule has 0 aromatic heterocycles. The van der Waals surface area contributed by atoms with E-state index in [0.29, 0.717) is 28.2 Å². The highest BCUT2D eigenvalue weighted by Crippen LogP contribution is 2.40. The molecule has 120 valence electrons. The summed E-state index contributed by atoms with van der Waals surface area (Å²) in [6.45, 7) is 1.45. The third kappa shape index (κ3) is 3.54. The van der Waals surface area contributed by atoms with Crippen molar-refractivity contribution < 1.29 is 19.1 Å². The monoisotopic (exact) mass is 332 g/mol. The van der Waals surface area contributed by atoms with Crippen molar-refractivity contribution in [3.8, 4) is 11.5 Å². The standard InChI is InChI=1S/C18H17ClO4/c1-11(20)9-13-14(17(21)12-7-5-4-6-8-12)10-15(22-2)18(23-3)16(13)19/h4-8,10H,9H2,1-3H3. The van der Waals surface area contributed by atoms with Crippen molar-refractivity contribution >= 4 is 23.2 Å². The molecule has 0 radical (unpaired) electrons. The van der Waals surface area contributed by atoms with Crippen molar-refractivity contribution in [2.45, 2.75) is 13.3 Å². The van der Waals surface area contributed by atoms with Crippen molar-refractivity contribution in [3.05, 3.63) is 58.1 Å². The zero-order valence-electron chi connectivity index (χ0n) is 13.2. The SMILES string of the molecule is COc1cc(C(=O)c2ccccc2)c(CC(C)=O)c(Cl)c1OC. The van der Waals surface area contributed by atoms with Crippen LogP contribution in [0, 0.1) is 0 Å². The molecule has 0 saturated heterocycles. The van der Waals surface area contributed by atoms with Crippen LogP contribution in [0.2, 0.25) is 5.02 Å². The van der Waals surface area contributed by atoms with Gasteiger partial charge in [0, 0.05) is 17.5 Å². The Kier molecular flexibility index (Phi) is 5.40. The molecule has 0 spiro atoms. The van der Waals surface area contributed by atoms with Crippen LogP contribution >= 0.6 is 11.6 Å². The number of rotatable bonds is 6. The fourth-order valence-electron chi connectivity index (χ4n) is 2.36. The van der Waals surface area contributed by atoms with Crippen LogP contribution in [0.5, 0.6) is 11.5 Å². The number of hydrogen-bond donors (Lipinski definition) is 0.